The van der Waals surface area contributed by atoms with Gasteiger partial charge in [-0.2, -0.15) is 15.2 Å². The molecule has 0 spiro atoms. The fraction of sp³-hybridized carbons (Fsp3) is 0.200. The van der Waals surface area contributed by atoms with Crippen LogP contribution in [-0.4, -0.2) is 66.1 Å². The van der Waals surface area contributed by atoms with E-state index in [1.165, 1.54) is 43.7 Å². The van der Waals surface area contributed by atoms with Crippen LogP contribution in [0.15, 0.2) is 37.2 Å². The van der Waals surface area contributed by atoms with Crippen LogP contribution in [0, 0.1) is 13.8 Å². The van der Waals surface area contributed by atoms with Gasteiger partial charge in [0.15, 0.2) is 5.82 Å². The average Bonchev–Trinajstić information content (AvgIpc) is 3.56. The fourth-order valence-corrected chi connectivity index (χ4v) is 2.62. The summed E-state index contributed by atoms with van der Waals surface area (Å²) in [6, 6.07) is 0. The van der Waals surface area contributed by atoms with E-state index in [-0.39, 0.29) is 16.5 Å². The lowest BCUT2D eigenvalue weighted by Crippen LogP contribution is -2.03. The number of carbonyl (C=O) groups is 2. The van der Waals surface area contributed by atoms with Crippen LogP contribution in [0.3, 0.4) is 0 Å². The van der Waals surface area contributed by atoms with Crippen molar-refractivity contribution in [2.75, 3.05) is 14.2 Å². The van der Waals surface area contributed by atoms with E-state index < -0.39 is 5.97 Å². The number of H-pyrrole nitrogens is 1. The van der Waals surface area contributed by atoms with Gasteiger partial charge < -0.3 is 9.47 Å². The van der Waals surface area contributed by atoms with E-state index in [0.717, 1.165) is 11.1 Å². The number of rotatable bonds is 3. The minimum absolute atomic E-state index is 0.126. The summed E-state index contributed by atoms with van der Waals surface area (Å²) >= 11 is 16.7. The molecule has 0 atom stereocenters. The minimum atomic E-state index is -0.450. The van der Waals surface area contributed by atoms with Gasteiger partial charge in [0.25, 0.3) is 0 Å². The SMILES string of the molecule is COC(=O)c1cn[nH]c1.COC(=O)c1cnn(-c2nc(Cl)ncc2C)c1.Cc1cnc(Cl)nc1Cl. The zero-order valence-electron chi connectivity index (χ0n) is 18.9. The Bertz CT molecular complexity index is 1280. The van der Waals surface area contributed by atoms with Crippen LogP contribution >= 0.6 is 34.8 Å². The molecular formula is C20H19Cl3N8O4. The van der Waals surface area contributed by atoms with Crippen molar-refractivity contribution < 1.29 is 19.1 Å². The van der Waals surface area contributed by atoms with Gasteiger partial charge in [-0.25, -0.2) is 29.2 Å². The van der Waals surface area contributed by atoms with Gasteiger partial charge in [-0.05, 0) is 37.0 Å². The second kappa shape index (κ2) is 13.3. The van der Waals surface area contributed by atoms with E-state index in [1.807, 2.05) is 13.8 Å². The molecule has 4 aromatic rings. The molecule has 184 valence electrons. The monoisotopic (exact) mass is 540 g/mol. The molecule has 0 fully saturated rings. The number of aromatic amines is 1. The lowest BCUT2D eigenvalue weighted by molar-refractivity contribution is 0.0592. The van der Waals surface area contributed by atoms with Crippen molar-refractivity contribution in [2.24, 2.45) is 0 Å². The summed E-state index contributed by atoms with van der Waals surface area (Å²) in [7, 11) is 2.64. The highest BCUT2D eigenvalue weighted by molar-refractivity contribution is 6.32. The van der Waals surface area contributed by atoms with Gasteiger partial charge in [-0.3, -0.25) is 5.10 Å². The molecule has 4 aromatic heterocycles. The predicted octanol–water partition coefficient (Wildman–Crippen LogP) is 3.70. The Labute approximate surface area is 214 Å². The first-order valence-electron chi connectivity index (χ1n) is 9.50. The Kier molecular flexibility index (Phi) is 10.5. The first-order valence-corrected chi connectivity index (χ1v) is 10.6. The first-order chi connectivity index (χ1) is 16.7. The third-order valence-electron chi connectivity index (χ3n) is 3.94. The summed E-state index contributed by atoms with van der Waals surface area (Å²) in [6.45, 7) is 3.64. The quantitative estimate of drug-likeness (QED) is 0.231. The van der Waals surface area contributed by atoms with Crippen molar-refractivity contribution in [2.45, 2.75) is 13.8 Å². The van der Waals surface area contributed by atoms with Crippen LogP contribution in [0.1, 0.15) is 31.8 Å². The Morgan fingerprint density at radius 3 is 2.00 bits per heavy atom. The van der Waals surface area contributed by atoms with Crippen molar-refractivity contribution in [3.05, 3.63) is 75.2 Å². The highest BCUT2D eigenvalue weighted by atomic mass is 35.5. The molecule has 4 rings (SSSR count). The second-order valence-electron chi connectivity index (χ2n) is 6.40. The molecule has 0 bridgehead atoms. The number of nitrogens with one attached hydrogen (secondary N) is 1. The van der Waals surface area contributed by atoms with Crippen molar-refractivity contribution in [1.82, 2.24) is 39.9 Å². The molecule has 0 radical (unpaired) electrons. The number of carbonyl (C=O) groups excluding carboxylic acids is 2. The van der Waals surface area contributed by atoms with Crippen LogP contribution in [-0.2, 0) is 9.47 Å². The molecule has 0 aromatic carbocycles. The molecule has 0 unspecified atom stereocenters. The van der Waals surface area contributed by atoms with E-state index >= 15 is 0 Å². The van der Waals surface area contributed by atoms with Crippen molar-refractivity contribution in [3.8, 4) is 5.82 Å². The summed E-state index contributed by atoms with van der Waals surface area (Å²) in [5.41, 5.74) is 2.43. The summed E-state index contributed by atoms with van der Waals surface area (Å²) in [5, 5.41) is 10.8. The standard InChI is InChI=1S/C10H9ClN4O2.C5H4Cl2N2.C5H6N2O2/c1-6-3-12-10(11)14-8(6)15-5-7(4-13-15)9(16)17-2;1-3-2-8-5(7)9-4(3)6;1-9-5(8)4-2-6-7-3-4/h3-5H,1-2H3;2H,1H3;2-3H,1H3,(H,6,7). The summed E-state index contributed by atoms with van der Waals surface area (Å²) < 4.78 is 10.4. The largest absolute Gasteiger partial charge is 0.465 e. The summed E-state index contributed by atoms with van der Waals surface area (Å²) in [4.78, 5) is 37.2. The van der Waals surface area contributed by atoms with Gasteiger partial charge >= 0.3 is 11.9 Å². The molecule has 0 aliphatic heterocycles. The number of nitrogens with zero attached hydrogens (tertiary/aromatic N) is 7. The minimum Gasteiger partial charge on any atom is -0.465 e. The van der Waals surface area contributed by atoms with Crippen molar-refractivity contribution >= 4 is 46.7 Å². The van der Waals surface area contributed by atoms with E-state index in [9.17, 15) is 9.59 Å². The van der Waals surface area contributed by atoms with Gasteiger partial charge in [0.1, 0.15) is 5.15 Å². The number of aryl methyl sites for hydroxylation is 2. The van der Waals surface area contributed by atoms with Gasteiger partial charge in [0.2, 0.25) is 10.6 Å². The number of methoxy groups -OCH3 is 2. The molecule has 0 aliphatic carbocycles. The fourth-order valence-electron chi connectivity index (χ4n) is 2.19. The molecule has 35 heavy (non-hydrogen) atoms. The molecule has 15 heteroatoms. The van der Waals surface area contributed by atoms with Gasteiger partial charge in [-0.1, -0.05) is 11.6 Å². The van der Waals surface area contributed by atoms with Crippen LogP contribution in [0.5, 0.6) is 0 Å². The molecular weight excluding hydrogens is 523 g/mol. The van der Waals surface area contributed by atoms with E-state index in [2.05, 4.69) is 44.7 Å². The summed E-state index contributed by atoms with van der Waals surface area (Å²) in [6.07, 6.45) is 8.98. The van der Waals surface area contributed by atoms with Crippen LogP contribution in [0.2, 0.25) is 15.7 Å². The number of ether oxygens (including phenoxy) is 2. The average molecular weight is 542 g/mol. The molecule has 4 heterocycles. The number of esters is 2. The van der Waals surface area contributed by atoms with Crippen LogP contribution in [0.4, 0.5) is 0 Å². The second-order valence-corrected chi connectivity index (χ2v) is 7.44. The number of hydrogen-bond acceptors (Lipinski definition) is 10. The normalized spacial score (nSPS) is 9.80. The van der Waals surface area contributed by atoms with Gasteiger partial charge in [0.05, 0.1) is 37.7 Å². The Morgan fingerprint density at radius 1 is 0.857 bits per heavy atom. The topological polar surface area (TPSA) is 151 Å². The Balaban J connectivity index is 0.000000203. The van der Waals surface area contributed by atoms with E-state index in [0.29, 0.717) is 22.1 Å². The van der Waals surface area contributed by atoms with Crippen LogP contribution in [0.25, 0.3) is 5.82 Å². The third-order valence-corrected chi connectivity index (χ3v) is 4.68. The molecule has 0 saturated heterocycles. The lowest BCUT2D eigenvalue weighted by atomic mass is 10.3. The number of hydrogen-bond donors (Lipinski definition) is 1. The molecule has 1 N–H and O–H groups in total. The predicted molar refractivity (Wildman–Crippen MR) is 127 cm³/mol. The molecule has 0 aliphatic rings. The molecule has 12 nitrogen and oxygen atoms in total. The van der Waals surface area contributed by atoms with Gasteiger partial charge in [-0.15, -0.1) is 0 Å². The lowest BCUT2D eigenvalue weighted by Gasteiger charge is -2.03. The first kappa shape index (κ1) is 27.6. The Morgan fingerprint density at radius 2 is 1.46 bits per heavy atom. The smallest absolute Gasteiger partial charge is 0.341 e. The Hall–Kier alpha value is -3.61. The van der Waals surface area contributed by atoms with E-state index in [4.69, 9.17) is 34.8 Å². The van der Waals surface area contributed by atoms with E-state index in [1.54, 1.807) is 12.4 Å². The zero-order chi connectivity index (χ0) is 26.0. The zero-order valence-corrected chi connectivity index (χ0v) is 21.1. The third kappa shape index (κ3) is 8.28. The highest BCUT2D eigenvalue weighted by Crippen LogP contribution is 2.13. The highest BCUT2D eigenvalue weighted by Gasteiger charge is 2.12. The maximum Gasteiger partial charge on any atom is 0.341 e. The van der Waals surface area contributed by atoms with Gasteiger partial charge in [0, 0.05) is 35.9 Å². The van der Waals surface area contributed by atoms with Crippen molar-refractivity contribution in [3.63, 3.8) is 0 Å². The number of halogens is 3. The van der Waals surface area contributed by atoms with Crippen molar-refractivity contribution in [1.29, 1.82) is 0 Å². The number of aromatic nitrogens is 8. The molecule has 0 amide bonds. The van der Waals surface area contributed by atoms with Crippen LogP contribution < -0.4 is 0 Å². The maximum absolute atomic E-state index is 11.3. The molecule has 0 saturated carbocycles. The summed E-state index contributed by atoms with van der Waals surface area (Å²) in [5.74, 6) is -0.294. The maximum atomic E-state index is 11.3.